The first-order chi connectivity index (χ1) is 3.39. The summed E-state index contributed by atoms with van der Waals surface area (Å²) < 4.78 is 0. The first-order valence-corrected chi connectivity index (χ1v) is 2.13. The summed E-state index contributed by atoms with van der Waals surface area (Å²) in [6.45, 7) is 0. The Labute approximate surface area is 70.6 Å². The minimum atomic E-state index is 0. The van der Waals surface area contributed by atoms with Gasteiger partial charge in [-0.1, -0.05) is 18.2 Å². The van der Waals surface area contributed by atoms with E-state index in [1.54, 1.807) is 24.3 Å². The van der Waals surface area contributed by atoms with Gasteiger partial charge in [0.2, 0.25) is 0 Å². The van der Waals surface area contributed by atoms with Crippen molar-refractivity contribution in [3.63, 3.8) is 0 Å². The Morgan fingerprint density at radius 1 is 1.00 bits per heavy atom. The Bertz CT molecular complexity index is 139. The average Bonchev–Trinajstić information content (AvgIpc) is 1.69. The van der Waals surface area contributed by atoms with Crippen LogP contribution in [0.5, 0.6) is 5.75 Å². The monoisotopic (exact) mass is 157 g/mol. The number of phenolic OH excluding ortho intramolecular Hbond substituents is 1. The summed E-state index contributed by atoms with van der Waals surface area (Å²) in [5, 5.41) is 8.63. The van der Waals surface area contributed by atoms with Crippen LogP contribution in [0, 0.1) is 7.43 Å². The quantitative estimate of drug-likeness (QED) is 0.450. The molecule has 0 radical (unpaired) electrons. The van der Waals surface area contributed by atoms with Gasteiger partial charge in [-0.05, 0) is 12.1 Å². The van der Waals surface area contributed by atoms with Crippen molar-refractivity contribution in [3.05, 3.63) is 37.8 Å². The number of phenols is 1. The molecule has 0 saturated heterocycles. The second kappa shape index (κ2) is 5.86. The van der Waals surface area contributed by atoms with Gasteiger partial charge in [-0.25, -0.2) is 0 Å². The predicted molar refractivity (Wildman–Crippen MR) is 34.5 cm³/mol. The normalized spacial score (nSPS) is 6.67. The van der Waals surface area contributed by atoms with E-state index in [2.05, 4.69) is 0 Å². The van der Waals surface area contributed by atoms with Crippen LogP contribution in [0.15, 0.2) is 30.3 Å². The van der Waals surface area contributed by atoms with Crippen molar-refractivity contribution < 1.29 is 26.8 Å². The van der Waals surface area contributed by atoms with Gasteiger partial charge >= 0.3 is 0 Å². The number of para-hydroxylation sites is 1. The molecule has 1 aromatic rings. The molecule has 9 heavy (non-hydrogen) atoms. The third-order valence-corrected chi connectivity index (χ3v) is 0.756. The second-order valence-corrected chi connectivity index (χ2v) is 1.34. The van der Waals surface area contributed by atoms with Crippen molar-refractivity contribution in [3.8, 4) is 5.75 Å². The van der Waals surface area contributed by atoms with Crippen LogP contribution >= 0.6 is 0 Å². The first-order valence-electron chi connectivity index (χ1n) is 2.13. The molecule has 1 nitrogen and oxygen atoms in total. The maximum Gasteiger partial charge on any atom is 0.115 e. The van der Waals surface area contributed by atoms with Crippen molar-refractivity contribution in [1.29, 1.82) is 0 Å². The smallest absolute Gasteiger partial charge is 0.115 e. The molecule has 0 spiro atoms. The van der Waals surface area contributed by atoms with Crippen LogP contribution in [0.1, 0.15) is 0 Å². The second-order valence-electron chi connectivity index (χ2n) is 1.34. The molecule has 1 aromatic carbocycles. The largest absolute Gasteiger partial charge is 0.508 e. The zero-order chi connectivity index (χ0) is 5.11. The summed E-state index contributed by atoms with van der Waals surface area (Å²) >= 11 is 0. The summed E-state index contributed by atoms with van der Waals surface area (Å²) in [5.41, 5.74) is 0. The molecular weight excluding hydrogens is 148 g/mol. The Balaban J connectivity index is 0. The maximum absolute atomic E-state index is 8.63. The van der Waals surface area contributed by atoms with Crippen LogP contribution in [0.4, 0.5) is 0 Å². The van der Waals surface area contributed by atoms with Crippen molar-refractivity contribution in [1.82, 2.24) is 0 Å². The molecular formula is C7H9OTi-. The Kier molecular flexibility index (Phi) is 7.51. The van der Waals surface area contributed by atoms with Crippen LogP contribution in [-0.4, -0.2) is 5.11 Å². The molecule has 2 heteroatoms. The third kappa shape index (κ3) is 4.25. The van der Waals surface area contributed by atoms with E-state index < -0.39 is 0 Å². The van der Waals surface area contributed by atoms with Crippen LogP contribution in [0.2, 0.25) is 0 Å². The van der Waals surface area contributed by atoms with Gasteiger partial charge in [-0.3, -0.25) is 0 Å². The van der Waals surface area contributed by atoms with Gasteiger partial charge in [-0.2, -0.15) is 0 Å². The molecule has 0 aliphatic carbocycles. The van der Waals surface area contributed by atoms with Crippen LogP contribution < -0.4 is 0 Å². The van der Waals surface area contributed by atoms with Crippen LogP contribution in [-0.2, 0) is 21.7 Å². The van der Waals surface area contributed by atoms with Crippen LogP contribution in [0.3, 0.4) is 0 Å². The molecule has 0 aliphatic heterocycles. The number of hydrogen-bond donors (Lipinski definition) is 1. The number of hydrogen-bond acceptors (Lipinski definition) is 1. The van der Waals surface area contributed by atoms with Crippen LogP contribution in [0.25, 0.3) is 0 Å². The molecule has 0 heterocycles. The van der Waals surface area contributed by atoms with E-state index in [0.29, 0.717) is 5.75 Å². The van der Waals surface area contributed by atoms with Gasteiger partial charge in [0.1, 0.15) is 5.75 Å². The minimum Gasteiger partial charge on any atom is -0.508 e. The molecule has 1 rings (SSSR count). The van der Waals surface area contributed by atoms with Gasteiger partial charge in [0.05, 0.1) is 0 Å². The summed E-state index contributed by atoms with van der Waals surface area (Å²) in [4.78, 5) is 0. The fraction of sp³-hybridized carbons (Fsp3) is 0. The topological polar surface area (TPSA) is 20.2 Å². The minimum absolute atomic E-state index is 0. The van der Waals surface area contributed by atoms with E-state index in [0.717, 1.165) is 0 Å². The molecule has 0 fully saturated rings. The van der Waals surface area contributed by atoms with Crippen molar-refractivity contribution in [2.24, 2.45) is 0 Å². The Morgan fingerprint density at radius 2 is 1.44 bits per heavy atom. The maximum atomic E-state index is 8.63. The Hall–Kier alpha value is -0.266. The number of aromatic hydroxyl groups is 1. The molecule has 48 valence electrons. The van der Waals surface area contributed by atoms with Crippen molar-refractivity contribution >= 4 is 0 Å². The van der Waals surface area contributed by atoms with Gasteiger partial charge < -0.3 is 12.5 Å². The SMILES string of the molecule is Oc1ccccc1.[CH3-].[Ti]. The fourth-order valence-electron chi connectivity index (χ4n) is 0.428. The summed E-state index contributed by atoms with van der Waals surface area (Å²) in [6.07, 6.45) is 0. The van der Waals surface area contributed by atoms with Gasteiger partial charge in [-0.15, -0.1) is 0 Å². The summed E-state index contributed by atoms with van der Waals surface area (Å²) in [5.74, 6) is 0.322. The Morgan fingerprint density at radius 3 is 1.67 bits per heavy atom. The average molecular weight is 157 g/mol. The number of rotatable bonds is 0. The molecule has 0 atom stereocenters. The summed E-state index contributed by atoms with van der Waals surface area (Å²) in [6, 6.07) is 8.71. The molecule has 0 unspecified atom stereocenters. The van der Waals surface area contributed by atoms with Crippen molar-refractivity contribution in [2.45, 2.75) is 0 Å². The molecule has 1 N–H and O–H groups in total. The standard InChI is InChI=1S/C6H6O.CH3.Ti/c7-6-4-2-1-3-5-6;;/h1-5,7H;1H3;/q;-1;. The van der Waals surface area contributed by atoms with Gasteiger partial charge in [0.15, 0.2) is 0 Å². The molecule has 0 aromatic heterocycles. The van der Waals surface area contributed by atoms with E-state index >= 15 is 0 Å². The molecule has 0 aliphatic rings. The zero-order valence-corrected chi connectivity index (χ0v) is 6.90. The predicted octanol–water partition coefficient (Wildman–Crippen LogP) is 1.84. The third-order valence-electron chi connectivity index (χ3n) is 0.756. The van der Waals surface area contributed by atoms with Gasteiger partial charge in [0.25, 0.3) is 0 Å². The first kappa shape index (κ1) is 11.5. The molecule has 0 amide bonds. The van der Waals surface area contributed by atoms with Gasteiger partial charge in [0, 0.05) is 21.7 Å². The van der Waals surface area contributed by atoms with E-state index in [9.17, 15) is 0 Å². The number of benzene rings is 1. The zero-order valence-electron chi connectivity index (χ0n) is 5.33. The van der Waals surface area contributed by atoms with Crippen molar-refractivity contribution in [2.75, 3.05) is 0 Å². The van der Waals surface area contributed by atoms with E-state index in [1.165, 1.54) is 0 Å². The van der Waals surface area contributed by atoms with E-state index in [4.69, 9.17) is 5.11 Å². The molecule has 0 bridgehead atoms. The van der Waals surface area contributed by atoms with E-state index in [1.807, 2.05) is 6.07 Å². The molecule has 0 saturated carbocycles. The van der Waals surface area contributed by atoms with E-state index in [-0.39, 0.29) is 29.1 Å². The summed E-state index contributed by atoms with van der Waals surface area (Å²) in [7, 11) is 0. The fourth-order valence-corrected chi connectivity index (χ4v) is 0.428.